The Balaban J connectivity index is 1.29. The number of rotatable bonds is 6. The van der Waals surface area contributed by atoms with Crippen LogP contribution in [0.2, 0.25) is 0 Å². The third-order valence-electron chi connectivity index (χ3n) is 11.0. The van der Waals surface area contributed by atoms with E-state index in [1.165, 1.54) is 50.9 Å². The van der Waals surface area contributed by atoms with Gasteiger partial charge in [-0.2, -0.15) is 0 Å². The van der Waals surface area contributed by atoms with Crippen LogP contribution < -0.4 is 0 Å². The summed E-state index contributed by atoms with van der Waals surface area (Å²) < 4.78 is 17.5. The van der Waals surface area contributed by atoms with Gasteiger partial charge in [-0.05, 0) is 91.9 Å². The van der Waals surface area contributed by atoms with Gasteiger partial charge in [0.15, 0.2) is 0 Å². The van der Waals surface area contributed by atoms with Crippen LogP contribution in [-0.2, 0) is 23.8 Å². The van der Waals surface area contributed by atoms with Gasteiger partial charge in [0.25, 0.3) is 0 Å². The molecule has 0 saturated heterocycles. The van der Waals surface area contributed by atoms with E-state index in [2.05, 4.69) is 33.8 Å². The highest BCUT2D eigenvalue weighted by molar-refractivity contribution is 5.66. The lowest BCUT2D eigenvalue weighted by Crippen LogP contribution is -2.50. The first-order chi connectivity index (χ1) is 17.0. The monoisotopic (exact) mass is 498 g/mol. The number of fused-ring (bicyclic) bond motifs is 7. The molecule has 4 aliphatic carbocycles. The molecule has 5 heteroatoms. The second kappa shape index (κ2) is 9.51. The number of carbonyl (C=O) groups excluding carboxylic acids is 2. The highest BCUT2D eigenvalue weighted by Gasteiger charge is 2.63. The lowest BCUT2D eigenvalue weighted by Gasteiger charge is -2.58. The molecule has 0 N–H and O–H groups in total. The van der Waals surface area contributed by atoms with E-state index in [-0.39, 0.29) is 23.5 Å². The fraction of sp³-hybridized carbons (Fsp3) is 0.806. The van der Waals surface area contributed by atoms with Crippen molar-refractivity contribution < 1.29 is 23.8 Å². The molecule has 5 rings (SSSR count). The molecule has 9 atom stereocenters. The van der Waals surface area contributed by atoms with Crippen LogP contribution in [0, 0.1) is 40.4 Å². The van der Waals surface area contributed by atoms with Crippen molar-refractivity contribution in [3.8, 4) is 0 Å². The molecule has 0 bridgehead atoms. The van der Waals surface area contributed by atoms with Crippen LogP contribution in [0.15, 0.2) is 23.0 Å². The van der Waals surface area contributed by atoms with Gasteiger partial charge in [0, 0.05) is 32.6 Å². The van der Waals surface area contributed by atoms with Crippen LogP contribution in [-0.4, -0.2) is 30.8 Å². The van der Waals surface area contributed by atoms with Gasteiger partial charge >= 0.3 is 11.9 Å². The Kier molecular flexibility index (Phi) is 6.83. The summed E-state index contributed by atoms with van der Waals surface area (Å²) in [5, 5.41) is 0. The van der Waals surface area contributed by atoms with Gasteiger partial charge in [-0.1, -0.05) is 32.4 Å². The zero-order valence-electron chi connectivity index (χ0n) is 23.2. The van der Waals surface area contributed by atoms with E-state index >= 15 is 0 Å². The molecule has 3 fully saturated rings. The van der Waals surface area contributed by atoms with Gasteiger partial charge in [-0.3, -0.25) is 9.59 Å². The highest BCUT2D eigenvalue weighted by Crippen LogP contribution is 2.69. The standard InChI is InChI=1S/C31H46O5/c1-18(17-34-20(3)32)7-10-27-19(2)29-28(36-27)16-26-24-9-8-22-15-23(35-21(4)33)11-13-30(22,5)25(24)12-14-31(26,29)6/h8,18,23-26,28-29H,7,9-17H2,1-6H3/t18-,23-,24+,25+,26+,28+,29+,30-,31-/m0/s1. The molecule has 0 radical (unpaired) electrons. The van der Waals surface area contributed by atoms with E-state index < -0.39 is 0 Å². The van der Waals surface area contributed by atoms with Gasteiger partial charge in [0.2, 0.25) is 0 Å². The van der Waals surface area contributed by atoms with Crippen molar-refractivity contribution in [2.75, 3.05) is 6.61 Å². The van der Waals surface area contributed by atoms with E-state index in [0.717, 1.165) is 43.9 Å². The Bertz CT molecular complexity index is 964. The molecule has 0 unspecified atom stereocenters. The van der Waals surface area contributed by atoms with E-state index in [0.29, 0.717) is 35.9 Å². The molecule has 200 valence electrons. The molecule has 0 aromatic rings. The molecule has 5 nitrogen and oxygen atoms in total. The zero-order chi connectivity index (χ0) is 25.8. The van der Waals surface area contributed by atoms with Crippen molar-refractivity contribution in [2.45, 2.75) is 112 Å². The van der Waals surface area contributed by atoms with Crippen molar-refractivity contribution in [3.63, 3.8) is 0 Å². The summed E-state index contributed by atoms with van der Waals surface area (Å²) in [6.07, 6.45) is 12.9. The van der Waals surface area contributed by atoms with Crippen LogP contribution in [0.1, 0.15) is 99.3 Å². The van der Waals surface area contributed by atoms with Gasteiger partial charge in [0.05, 0.1) is 12.4 Å². The fourth-order valence-electron chi connectivity index (χ4n) is 9.27. The van der Waals surface area contributed by atoms with Crippen LogP contribution in [0.5, 0.6) is 0 Å². The minimum absolute atomic E-state index is 0.0643. The number of hydrogen-bond acceptors (Lipinski definition) is 5. The molecular formula is C31H46O5. The summed E-state index contributed by atoms with van der Waals surface area (Å²) in [6, 6.07) is 0. The molecule has 1 aliphatic heterocycles. The summed E-state index contributed by atoms with van der Waals surface area (Å²) >= 11 is 0. The van der Waals surface area contributed by atoms with Crippen molar-refractivity contribution in [1.29, 1.82) is 0 Å². The lowest BCUT2D eigenvalue weighted by atomic mass is 9.47. The first kappa shape index (κ1) is 25.9. The molecule has 5 aliphatic rings. The van der Waals surface area contributed by atoms with Crippen molar-refractivity contribution >= 4 is 11.9 Å². The van der Waals surface area contributed by atoms with Gasteiger partial charge in [-0.15, -0.1) is 0 Å². The average molecular weight is 499 g/mol. The number of carbonyl (C=O) groups is 2. The summed E-state index contributed by atoms with van der Waals surface area (Å²) in [4.78, 5) is 22.7. The minimum Gasteiger partial charge on any atom is -0.494 e. The predicted octanol–water partition coefficient (Wildman–Crippen LogP) is 6.76. The zero-order valence-corrected chi connectivity index (χ0v) is 23.2. The van der Waals surface area contributed by atoms with E-state index in [1.807, 2.05) is 0 Å². The molecule has 0 amide bonds. The fourth-order valence-corrected chi connectivity index (χ4v) is 9.27. The van der Waals surface area contributed by atoms with Gasteiger partial charge < -0.3 is 14.2 Å². The van der Waals surface area contributed by atoms with E-state index in [1.54, 1.807) is 5.57 Å². The maximum Gasteiger partial charge on any atom is 0.302 e. The molecule has 0 spiro atoms. The Hall–Kier alpha value is -1.78. The SMILES string of the molecule is CC(=O)OC[C@@H](C)CCC1=C(C)[C@@H]2[C@@H](C[C@@H]3[C@@H]4CC=C5C[C@@H](OC(C)=O)CC[C@]5(C)[C@@H]4CC[C@@]32C)O1. The molecule has 0 aromatic heterocycles. The summed E-state index contributed by atoms with van der Waals surface area (Å²) in [5.74, 6) is 3.93. The Morgan fingerprint density at radius 1 is 1.14 bits per heavy atom. The average Bonchev–Trinajstić information content (AvgIpc) is 3.29. The summed E-state index contributed by atoms with van der Waals surface area (Å²) in [7, 11) is 0. The number of hydrogen-bond donors (Lipinski definition) is 0. The van der Waals surface area contributed by atoms with Crippen molar-refractivity contribution in [3.05, 3.63) is 23.0 Å². The van der Waals surface area contributed by atoms with E-state index in [9.17, 15) is 9.59 Å². The van der Waals surface area contributed by atoms with Gasteiger partial charge in [0.1, 0.15) is 12.2 Å². The first-order valence-corrected chi connectivity index (χ1v) is 14.4. The summed E-state index contributed by atoms with van der Waals surface area (Å²) in [6.45, 7) is 13.1. The quantitative estimate of drug-likeness (QED) is 0.299. The molecule has 36 heavy (non-hydrogen) atoms. The topological polar surface area (TPSA) is 61.8 Å². The number of esters is 2. The maximum absolute atomic E-state index is 11.5. The van der Waals surface area contributed by atoms with Gasteiger partial charge in [-0.25, -0.2) is 0 Å². The number of ether oxygens (including phenoxy) is 3. The predicted molar refractivity (Wildman–Crippen MR) is 139 cm³/mol. The minimum atomic E-state index is -0.200. The Morgan fingerprint density at radius 2 is 1.92 bits per heavy atom. The Labute approximate surface area is 217 Å². The van der Waals surface area contributed by atoms with E-state index in [4.69, 9.17) is 14.2 Å². The molecule has 1 heterocycles. The molecular weight excluding hydrogens is 452 g/mol. The lowest BCUT2D eigenvalue weighted by molar-refractivity contribution is -0.148. The first-order valence-electron chi connectivity index (χ1n) is 14.4. The van der Waals surface area contributed by atoms with Crippen molar-refractivity contribution in [1.82, 2.24) is 0 Å². The normalized spacial score (nSPS) is 41.8. The third-order valence-corrected chi connectivity index (χ3v) is 11.0. The third kappa shape index (κ3) is 4.32. The maximum atomic E-state index is 11.5. The number of allylic oxidation sites excluding steroid dienone is 2. The smallest absolute Gasteiger partial charge is 0.302 e. The largest absolute Gasteiger partial charge is 0.494 e. The summed E-state index contributed by atoms with van der Waals surface area (Å²) in [5.41, 5.74) is 3.62. The Morgan fingerprint density at radius 3 is 2.64 bits per heavy atom. The second-order valence-corrected chi connectivity index (χ2v) is 13.2. The van der Waals surface area contributed by atoms with Crippen LogP contribution in [0.25, 0.3) is 0 Å². The highest BCUT2D eigenvalue weighted by atomic mass is 16.5. The molecule has 3 saturated carbocycles. The van der Waals surface area contributed by atoms with Crippen LogP contribution in [0.4, 0.5) is 0 Å². The second-order valence-electron chi connectivity index (χ2n) is 13.2. The van der Waals surface area contributed by atoms with Crippen LogP contribution in [0.3, 0.4) is 0 Å². The van der Waals surface area contributed by atoms with Crippen molar-refractivity contribution in [2.24, 2.45) is 40.4 Å². The van der Waals surface area contributed by atoms with Crippen LogP contribution >= 0.6 is 0 Å². The molecule has 0 aromatic carbocycles.